The molecule has 136 valence electrons. The molecule has 0 aliphatic carbocycles. The smallest absolute Gasteiger partial charge is 0.119 e. The van der Waals surface area contributed by atoms with Crippen molar-refractivity contribution in [2.75, 3.05) is 26.2 Å². The van der Waals surface area contributed by atoms with Crippen LogP contribution in [0, 0.1) is 0 Å². The molecule has 0 spiro atoms. The summed E-state index contributed by atoms with van der Waals surface area (Å²) in [5.41, 5.74) is 11.3. The van der Waals surface area contributed by atoms with Gasteiger partial charge >= 0.3 is 0 Å². The molecule has 0 amide bonds. The van der Waals surface area contributed by atoms with Gasteiger partial charge in [0.2, 0.25) is 0 Å². The molecule has 0 radical (unpaired) electrons. The number of rotatable bonds is 7. The molecular formula is C22H27N3O. The first-order valence-corrected chi connectivity index (χ1v) is 9.56. The Kier molecular flexibility index (Phi) is 4.96. The third-order valence-electron chi connectivity index (χ3n) is 5.38. The number of aryl methyl sites for hydroxylation is 1. The first-order valence-electron chi connectivity index (χ1n) is 9.56. The fourth-order valence-corrected chi connectivity index (χ4v) is 3.70. The van der Waals surface area contributed by atoms with Crippen LogP contribution in [0.25, 0.3) is 10.9 Å². The van der Waals surface area contributed by atoms with E-state index in [2.05, 4.69) is 53.2 Å². The second-order valence-electron chi connectivity index (χ2n) is 7.01. The van der Waals surface area contributed by atoms with Crippen LogP contribution in [0.4, 0.5) is 0 Å². The molecular weight excluding hydrogens is 322 g/mol. The maximum atomic E-state index is 6.59. The number of H-pyrrole nitrogens is 1. The molecule has 4 nitrogen and oxygen atoms in total. The fourth-order valence-electron chi connectivity index (χ4n) is 3.70. The van der Waals surface area contributed by atoms with Crippen LogP contribution in [0.2, 0.25) is 0 Å². The van der Waals surface area contributed by atoms with E-state index >= 15 is 0 Å². The van der Waals surface area contributed by atoms with Crippen LogP contribution in [0.5, 0.6) is 5.75 Å². The van der Waals surface area contributed by atoms with Crippen molar-refractivity contribution in [2.24, 2.45) is 5.73 Å². The Bertz CT molecular complexity index is 865. The van der Waals surface area contributed by atoms with E-state index in [1.54, 1.807) is 0 Å². The summed E-state index contributed by atoms with van der Waals surface area (Å²) in [6, 6.07) is 16.5. The lowest BCUT2D eigenvalue weighted by Crippen LogP contribution is -2.39. The number of aromatic nitrogens is 1. The van der Waals surface area contributed by atoms with Crippen LogP contribution in [0.1, 0.15) is 36.2 Å². The number of hydrogen-bond donors (Lipinski definition) is 2. The van der Waals surface area contributed by atoms with E-state index in [1.165, 1.54) is 30.5 Å². The molecule has 3 N–H and O–H groups in total. The average molecular weight is 349 g/mol. The number of likely N-dealkylation sites (tertiary alicyclic amines) is 1. The summed E-state index contributed by atoms with van der Waals surface area (Å²) in [6.45, 7) is 6.35. The molecule has 0 unspecified atom stereocenters. The third-order valence-corrected chi connectivity index (χ3v) is 5.38. The van der Waals surface area contributed by atoms with Crippen molar-refractivity contribution in [2.45, 2.75) is 25.8 Å². The van der Waals surface area contributed by atoms with E-state index in [0.29, 0.717) is 0 Å². The van der Waals surface area contributed by atoms with E-state index in [0.717, 1.165) is 42.1 Å². The molecule has 2 heterocycles. The van der Waals surface area contributed by atoms with Gasteiger partial charge in [0.1, 0.15) is 12.4 Å². The van der Waals surface area contributed by atoms with Gasteiger partial charge in [0.05, 0.1) is 6.04 Å². The Morgan fingerprint density at radius 1 is 1.12 bits per heavy atom. The Morgan fingerprint density at radius 3 is 2.58 bits per heavy atom. The number of benzene rings is 2. The van der Waals surface area contributed by atoms with Gasteiger partial charge in [-0.1, -0.05) is 37.3 Å². The largest absolute Gasteiger partial charge is 0.492 e. The Balaban J connectivity index is 1.48. The maximum absolute atomic E-state index is 6.59. The second kappa shape index (κ2) is 7.52. The van der Waals surface area contributed by atoms with Gasteiger partial charge in [-0.05, 0) is 55.3 Å². The summed E-state index contributed by atoms with van der Waals surface area (Å²) < 4.78 is 5.86. The highest BCUT2D eigenvalue weighted by Gasteiger charge is 2.17. The number of fused-ring (bicyclic) bond motifs is 1. The maximum Gasteiger partial charge on any atom is 0.119 e. The zero-order valence-electron chi connectivity index (χ0n) is 15.4. The van der Waals surface area contributed by atoms with E-state index < -0.39 is 0 Å². The number of nitrogens with two attached hydrogens (primary N) is 1. The van der Waals surface area contributed by atoms with Gasteiger partial charge in [-0.15, -0.1) is 0 Å². The summed E-state index contributed by atoms with van der Waals surface area (Å²) in [4.78, 5) is 5.94. The predicted octanol–water partition coefficient (Wildman–Crippen LogP) is 3.86. The van der Waals surface area contributed by atoms with E-state index in [1.807, 2.05) is 12.1 Å². The molecule has 0 bridgehead atoms. The van der Waals surface area contributed by atoms with Gasteiger partial charge in [0.15, 0.2) is 0 Å². The highest BCUT2D eigenvalue weighted by molar-refractivity contribution is 5.85. The molecule has 0 saturated carbocycles. The zero-order chi connectivity index (χ0) is 17.9. The Morgan fingerprint density at radius 2 is 1.88 bits per heavy atom. The van der Waals surface area contributed by atoms with E-state index in [9.17, 15) is 0 Å². The van der Waals surface area contributed by atoms with Crippen LogP contribution in [-0.2, 0) is 6.42 Å². The number of ether oxygens (including phenoxy) is 1. The van der Waals surface area contributed by atoms with Crippen molar-refractivity contribution in [3.8, 4) is 5.75 Å². The summed E-state index contributed by atoms with van der Waals surface area (Å²) in [5.74, 6) is 0.911. The van der Waals surface area contributed by atoms with Gasteiger partial charge in [-0.3, -0.25) is 4.90 Å². The minimum atomic E-state index is -0.160. The van der Waals surface area contributed by atoms with Crippen molar-refractivity contribution < 1.29 is 4.74 Å². The van der Waals surface area contributed by atoms with Crippen LogP contribution in [0.3, 0.4) is 0 Å². The van der Waals surface area contributed by atoms with E-state index in [-0.39, 0.29) is 6.04 Å². The number of para-hydroxylation sites is 1. The normalized spacial score (nSPS) is 15.8. The minimum absolute atomic E-state index is 0.160. The predicted molar refractivity (Wildman–Crippen MR) is 107 cm³/mol. The molecule has 1 saturated heterocycles. The lowest BCUT2D eigenvalue weighted by atomic mass is 9.99. The zero-order valence-corrected chi connectivity index (χ0v) is 15.4. The van der Waals surface area contributed by atoms with Gasteiger partial charge < -0.3 is 15.5 Å². The lowest BCUT2D eigenvalue weighted by Gasteiger charge is -2.30. The van der Waals surface area contributed by atoms with Crippen molar-refractivity contribution >= 4 is 10.9 Å². The number of nitrogens with zero attached hydrogens (tertiary/aromatic N) is 1. The fraction of sp³-hybridized carbons (Fsp3) is 0.364. The summed E-state index contributed by atoms with van der Waals surface area (Å²) in [6.07, 6.45) is 2.28. The van der Waals surface area contributed by atoms with Crippen LogP contribution in [0.15, 0.2) is 48.5 Å². The minimum Gasteiger partial charge on any atom is -0.492 e. The van der Waals surface area contributed by atoms with E-state index in [4.69, 9.17) is 10.5 Å². The number of nitrogens with one attached hydrogen (secondary N) is 1. The molecule has 3 aromatic rings. The van der Waals surface area contributed by atoms with Gasteiger partial charge in [-0.2, -0.15) is 0 Å². The quantitative estimate of drug-likeness (QED) is 0.681. The summed E-state index contributed by atoms with van der Waals surface area (Å²) in [5, 5.41) is 1.27. The highest BCUT2D eigenvalue weighted by atomic mass is 16.5. The molecule has 4 heteroatoms. The van der Waals surface area contributed by atoms with Crippen molar-refractivity contribution in [3.63, 3.8) is 0 Å². The molecule has 2 aromatic carbocycles. The molecule has 1 fully saturated rings. The third kappa shape index (κ3) is 3.35. The highest BCUT2D eigenvalue weighted by Crippen LogP contribution is 2.30. The molecule has 1 aliphatic heterocycles. The van der Waals surface area contributed by atoms with Crippen molar-refractivity contribution in [1.82, 2.24) is 9.88 Å². The first-order chi connectivity index (χ1) is 12.8. The average Bonchev–Trinajstić information content (AvgIpc) is 3.02. The molecule has 26 heavy (non-hydrogen) atoms. The summed E-state index contributed by atoms with van der Waals surface area (Å²) in [7, 11) is 0. The number of aromatic amines is 1. The topological polar surface area (TPSA) is 54.3 Å². The summed E-state index contributed by atoms with van der Waals surface area (Å²) >= 11 is 0. The monoisotopic (exact) mass is 349 g/mol. The van der Waals surface area contributed by atoms with Crippen molar-refractivity contribution in [1.29, 1.82) is 0 Å². The number of hydrogen-bond acceptors (Lipinski definition) is 3. The van der Waals surface area contributed by atoms with Crippen LogP contribution in [-0.4, -0.2) is 36.1 Å². The van der Waals surface area contributed by atoms with Crippen LogP contribution < -0.4 is 10.5 Å². The Hall–Kier alpha value is -2.30. The van der Waals surface area contributed by atoms with Gasteiger partial charge in [0, 0.05) is 23.1 Å². The second-order valence-corrected chi connectivity index (χ2v) is 7.01. The SMILES string of the molecule is CCc1c([C@@H](N)c2ccc(OCCN3CCC3)cc2)[nH]c2ccccc12. The first kappa shape index (κ1) is 17.1. The molecule has 1 aliphatic rings. The molecule has 1 atom stereocenters. The van der Waals surface area contributed by atoms with Crippen molar-refractivity contribution in [3.05, 3.63) is 65.4 Å². The lowest BCUT2D eigenvalue weighted by molar-refractivity contribution is 0.147. The molecule has 1 aromatic heterocycles. The Labute approximate surface area is 155 Å². The standard InChI is InChI=1S/C22H27N3O/c1-2-18-19-6-3-4-7-20(19)24-22(18)21(23)16-8-10-17(11-9-16)26-15-14-25-12-5-13-25/h3-4,6-11,21,24H,2,5,12-15,23H2,1H3/t21-/m0/s1. The van der Waals surface area contributed by atoms with Gasteiger partial charge in [0.25, 0.3) is 0 Å². The van der Waals surface area contributed by atoms with Crippen LogP contribution >= 0.6 is 0 Å². The van der Waals surface area contributed by atoms with Gasteiger partial charge in [-0.25, -0.2) is 0 Å². The molecule has 4 rings (SSSR count).